The maximum atomic E-state index is 2.65. The number of rotatable bonds is 2. The van der Waals surface area contributed by atoms with E-state index < -0.39 is 0 Å². The van der Waals surface area contributed by atoms with Gasteiger partial charge in [0.2, 0.25) is 0 Å². The minimum Gasteiger partial charge on any atom is -0.303 e. The summed E-state index contributed by atoms with van der Waals surface area (Å²) in [5.41, 5.74) is 1.15. The number of hydrogen-bond donors (Lipinski definition) is 0. The third kappa shape index (κ3) is 2.45. The third-order valence-corrected chi connectivity index (χ3v) is 4.71. The number of likely N-dealkylation sites (tertiary alicyclic amines) is 1. The Bertz CT molecular complexity index is 232. The highest BCUT2D eigenvalue weighted by atomic mass is 15.2. The summed E-state index contributed by atoms with van der Waals surface area (Å²) in [6.45, 7) is 8.59. The standard InChI is InChI=1S/C15H29N/c1-14(2,3)12-15(9-5-6-10-15)13-8-7-11-16(13)4/h13H,5-12H2,1-4H3. The molecule has 1 nitrogen and oxygen atoms in total. The molecule has 1 aliphatic carbocycles. The number of nitrogens with zero attached hydrogens (tertiary/aromatic N) is 1. The van der Waals surface area contributed by atoms with Gasteiger partial charge >= 0.3 is 0 Å². The van der Waals surface area contributed by atoms with Crippen molar-refractivity contribution in [1.82, 2.24) is 4.90 Å². The van der Waals surface area contributed by atoms with Crippen LogP contribution < -0.4 is 0 Å². The Hall–Kier alpha value is -0.0400. The van der Waals surface area contributed by atoms with Crippen LogP contribution in [0.25, 0.3) is 0 Å². The van der Waals surface area contributed by atoms with E-state index in [1.807, 2.05) is 0 Å². The third-order valence-electron chi connectivity index (χ3n) is 4.71. The Balaban J connectivity index is 2.15. The second-order valence-electron chi connectivity index (χ2n) is 7.45. The van der Waals surface area contributed by atoms with Crippen LogP contribution in [0.1, 0.15) is 65.7 Å². The van der Waals surface area contributed by atoms with Crippen molar-refractivity contribution < 1.29 is 0 Å². The van der Waals surface area contributed by atoms with Crippen LogP contribution in [0.3, 0.4) is 0 Å². The molecule has 0 radical (unpaired) electrons. The zero-order chi connectivity index (χ0) is 11.8. The van der Waals surface area contributed by atoms with Crippen molar-refractivity contribution in [2.45, 2.75) is 71.8 Å². The maximum absolute atomic E-state index is 2.65. The topological polar surface area (TPSA) is 3.24 Å². The van der Waals surface area contributed by atoms with Crippen molar-refractivity contribution in [3.63, 3.8) is 0 Å². The minimum absolute atomic E-state index is 0.494. The molecule has 0 aromatic heterocycles. The quantitative estimate of drug-likeness (QED) is 0.682. The van der Waals surface area contributed by atoms with Gasteiger partial charge in [0, 0.05) is 6.04 Å². The van der Waals surface area contributed by atoms with Gasteiger partial charge in [-0.15, -0.1) is 0 Å². The van der Waals surface area contributed by atoms with E-state index in [0.29, 0.717) is 10.8 Å². The lowest BCUT2D eigenvalue weighted by molar-refractivity contribution is 0.0706. The van der Waals surface area contributed by atoms with Crippen LogP contribution >= 0.6 is 0 Å². The van der Waals surface area contributed by atoms with Crippen molar-refractivity contribution in [1.29, 1.82) is 0 Å². The van der Waals surface area contributed by atoms with Crippen LogP contribution in [0.5, 0.6) is 0 Å². The van der Waals surface area contributed by atoms with Crippen molar-refractivity contribution >= 4 is 0 Å². The largest absolute Gasteiger partial charge is 0.303 e. The molecule has 94 valence electrons. The van der Waals surface area contributed by atoms with E-state index in [-0.39, 0.29) is 0 Å². The summed E-state index contributed by atoms with van der Waals surface area (Å²) < 4.78 is 0. The van der Waals surface area contributed by atoms with Gasteiger partial charge in [0.1, 0.15) is 0 Å². The molecule has 2 aliphatic rings. The average molecular weight is 223 g/mol. The first-order valence-electron chi connectivity index (χ1n) is 7.13. The molecule has 1 saturated carbocycles. The molecule has 1 heterocycles. The van der Waals surface area contributed by atoms with Crippen LogP contribution in [-0.2, 0) is 0 Å². The molecule has 1 atom stereocenters. The molecular weight excluding hydrogens is 194 g/mol. The molecule has 1 saturated heterocycles. The molecule has 0 amide bonds. The molecule has 0 aromatic carbocycles. The van der Waals surface area contributed by atoms with E-state index in [2.05, 4.69) is 32.7 Å². The summed E-state index contributed by atoms with van der Waals surface area (Å²) in [7, 11) is 2.35. The maximum Gasteiger partial charge on any atom is 0.0149 e. The zero-order valence-electron chi connectivity index (χ0n) is 11.7. The van der Waals surface area contributed by atoms with E-state index in [9.17, 15) is 0 Å². The molecule has 1 aliphatic heterocycles. The Labute approximate surface area is 102 Å². The molecule has 2 fully saturated rings. The fourth-order valence-corrected chi connectivity index (χ4v) is 4.45. The van der Waals surface area contributed by atoms with Gasteiger partial charge in [0.25, 0.3) is 0 Å². The first-order valence-corrected chi connectivity index (χ1v) is 7.13. The van der Waals surface area contributed by atoms with Crippen LogP contribution in [0.4, 0.5) is 0 Å². The Morgan fingerprint density at radius 2 is 1.75 bits per heavy atom. The van der Waals surface area contributed by atoms with Crippen molar-refractivity contribution in [2.24, 2.45) is 10.8 Å². The molecule has 1 unspecified atom stereocenters. The molecular formula is C15H29N. The van der Waals surface area contributed by atoms with Gasteiger partial charge in [-0.25, -0.2) is 0 Å². The van der Waals surface area contributed by atoms with E-state index in [1.165, 1.54) is 51.5 Å². The lowest BCUT2D eigenvalue weighted by Gasteiger charge is -2.43. The summed E-state index contributed by atoms with van der Waals surface area (Å²) in [4.78, 5) is 2.65. The molecule has 0 bridgehead atoms. The van der Waals surface area contributed by atoms with E-state index in [1.54, 1.807) is 0 Å². The van der Waals surface area contributed by atoms with E-state index in [4.69, 9.17) is 0 Å². The monoisotopic (exact) mass is 223 g/mol. The predicted molar refractivity (Wildman–Crippen MR) is 70.6 cm³/mol. The van der Waals surface area contributed by atoms with Gasteiger partial charge in [-0.05, 0) is 56.5 Å². The predicted octanol–water partition coefficient (Wildman–Crippen LogP) is 4.08. The fourth-order valence-electron chi connectivity index (χ4n) is 4.45. The molecule has 0 spiro atoms. The smallest absolute Gasteiger partial charge is 0.0149 e. The summed E-state index contributed by atoms with van der Waals surface area (Å²) in [5, 5.41) is 0. The Morgan fingerprint density at radius 3 is 2.19 bits per heavy atom. The van der Waals surface area contributed by atoms with Gasteiger partial charge in [-0.1, -0.05) is 33.6 Å². The van der Waals surface area contributed by atoms with Gasteiger partial charge in [0.15, 0.2) is 0 Å². The van der Waals surface area contributed by atoms with Gasteiger partial charge in [0.05, 0.1) is 0 Å². The van der Waals surface area contributed by atoms with E-state index >= 15 is 0 Å². The minimum atomic E-state index is 0.494. The first kappa shape index (κ1) is 12.4. The van der Waals surface area contributed by atoms with E-state index in [0.717, 1.165) is 6.04 Å². The van der Waals surface area contributed by atoms with Crippen molar-refractivity contribution in [3.05, 3.63) is 0 Å². The normalized spacial score (nSPS) is 31.1. The highest BCUT2D eigenvalue weighted by Crippen LogP contribution is 2.52. The summed E-state index contributed by atoms with van der Waals surface area (Å²) in [6.07, 6.45) is 10.2. The lowest BCUT2D eigenvalue weighted by Crippen LogP contribution is -2.43. The van der Waals surface area contributed by atoms with Crippen molar-refractivity contribution in [2.75, 3.05) is 13.6 Å². The second kappa shape index (κ2) is 4.33. The summed E-state index contributed by atoms with van der Waals surface area (Å²) in [6, 6.07) is 0.884. The van der Waals surface area contributed by atoms with Crippen LogP contribution in [0.2, 0.25) is 0 Å². The highest BCUT2D eigenvalue weighted by molar-refractivity contribution is 4.99. The Morgan fingerprint density at radius 1 is 1.12 bits per heavy atom. The van der Waals surface area contributed by atoms with Crippen LogP contribution in [0.15, 0.2) is 0 Å². The molecule has 16 heavy (non-hydrogen) atoms. The van der Waals surface area contributed by atoms with Gasteiger partial charge in [-0.2, -0.15) is 0 Å². The number of hydrogen-bond acceptors (Lipinski definition) is 1. The van der Waals surface area contributed by atoms with Crippen LogP contribution in [-0.4, -0.2) is 24.5 Å². The van der Waals surface area contributed by atoms with Gasteiger partial charge < -0.3 is 4.90 Å². The first-order chi connectivity index (χ1) is 7.43. The fraction of sp³-hybridized carbons (Fsp3) is 1.00. The Kier molecular flexibility index (Phi) is 3.36. The SMILES string of the molecule is CN1CCCC1C1(CC(C)(C)C)CCCC1. The summed E-state index contributed by atoms with van der Waals surface area (Å²) in [5.74, 6) is 0. The molecule has 1 heteroatoms. The summed E-state index contributed by atoms with van der Waals surface area (Å²) >= 11 is 0. The zero-order valence-corrected chi connectivity index (χ0v) is 11.7. The molecule has 2 rings (SSSR count). The van der Waals surface area contributed by atoms with Gasteiger partial charge in [-0.3, -0.25) is 0 Å². The second-order valence-corrected chi connectivity index (χ2v) is 7.45. The average Bonchev–Trinajstić information content (AvgIpc) is 2.71. The highest BCUT2D eigenvalue weighted by Gasteiger charge is 2.46. The molecule has 0 N–H and O–H groups in total. The van der Waals surface area contributed by atoms with Crippen molar-refractivity contribution in [3.8, 4) is 0 Å². The van der Waals surface area contributed by atoms with Crippen LogP contribution in [0, 0.1) is 10.8 Å². The lowest BCUT2D eigenvalue weighted by atomic mass is 9.67. The molecule has 0 aromatic rings.